The van der Waals surface area contributed by atoms with E-state index in [-0.39, 0.29) is 12.5 Å². The summed E-state index contributed by atoms with van der Waals surface area (Å²) >= 11 is 0. The third-order valence-electron chi connectivity index (χ3n) is 3.52. The van der Waals surface area contributed by atoms with Crippen LogP contribution in [0.4, 0.5) is 0 Å². The zero-order valence-electron chi connectivity index (χ0n) is 12.8. The number of benzene rings is 1. The first-order valence-electron chi connectivity index (χ1n) is 6.59. The number of aliphatic carboxylic acids is 1. The summed E-state index contributed by atoms with van der Waals surface area (Å²) in [5, 5.41) is 17.9. The van der Waals surface area contributed by atoms with Crippen molar-refractivity contribution in [1.82, 2.24) is 4.90 Å². The maximum Gasteiger partial charge on any atom is 0.328 e. The minimum absolute atomic E-state index is 0.131. The molecule has 5 heteroatoms. The molecule has 0 aromatic heterocycles. The van der Waals surface area contributed by atoms with Crippen LogP contribution in [0.15, 0.2) is 24.3 Å². The molecule has 0 atom stereocenters. The maximum absolute atomic E-state index is 12.4. The van der Waals surface area contributed by atoms with Crippen molar-refractivity contribution in [2.75, 3.05) is 13.7 Å². The van der Waals surface area contributed by atoms with Crippen molar-refractivity contribution in [3.63, 3.8) is 0 Å². The summed E-state index contributed by atoms with van der Waals surface area (Å²) < 4.78 is 0. The Morgan fingerprint density at radius 3 is 2.43 bits per heavy atom. The Bertz CT molecular complexity index is 576. The molecule has 1 aromatic rings. The fourth-order valence-corrected chi connectivity index (χ4v) is 1.73. The first-order chi connectivity index (χ1) is 9.69. The number of hydrogen-bond acceptors (Lipinski definition) is 3. The van der Waals surface area contributed by atoms with Crippen molar-refractivity contribution in [3.8, 4) is 0 Å². The Kier molecular flexibility index (Phi) is 5.27. The van der Waals surface area contributed by atoms with Gasteiger partial charge in [0, 0.05) is 18.7 Å². The highest BCUT2D eigenvalue weighted by molar-refractivity contribution is 5.95. The van der Waals surface area contributed by atoms with E-state index in [1.807, 2.05) is 6.92 Å². The van der Waals surface area contributed by atoms with Gasteiger partial charge in [0.05, 0.1) is 12.1 Å². The Balaban J connectivity index is 3.04. The minimum atomic E-state index is -1.01. The van der Waals surface area contributed by atoms with Gasteiger partial charge in [-0.3, -0.25) is 4.79 Å². The molecule has 0 unspecified atom stereocenters. The standard InChI is InChI=1S/C16H21NO4/c1-11-9-13(6-5-12(11)7-8-14(19)20)15(21)17(4)16(2,3)10-18/h5-9,18H,10H2,1-4H3,(H,19,20)/b8-7+. The molecule has 0 saturated carbocycles. The van der Waals surface area contributed by atoms with Gasteiger partial charge in [0.1, 0.15) is 0 Å². The second-order valence-electron chi connectivity index (χ2n) is 5.58. The summed E-state index contributed by atoms with van der Waals surface area (Å²) in [6.07, 6.45) is 2.55. The highest BCUT2D eigenvalue weighted by Crippen LogP contribution is 2.18. The SMILES string of the molecule is Cc1cc(C(=O)N(C)C(C)(C)CO)ccc1/C=C/C(=O)O. The second-order valence-corrected chi connectivity index (χ2v) is 5.58. The lowest BCUT2D eigenvalue weighted by Gasteiger charge is -2.34. The van der Waals surface area contributed by atoms with Gasteiger partial charge in [-0.05, 0) is 50.1 Å². The smallest absolute Gasteiger partial charge is 0.328 e. The van der Waals surface area contributed by atoms with Crippen molar-refractivity contribution < 1.29 is 19.8 Å². The summed E-state index contributed by atoms with van der Waals surface area (Å²) in [4.78, 5) is 24.4. The largest absolute Gasteiger partial charge is 0.478 e. The van der Waals surface area contributed by atoms with Gasteiger partial charge in [-0.15, -0.1) is 0 Å². The van der Waals surface area contributed by atoms with Crippen molar-refractivity contribution in [2.45, 2.75) is 26.3 Å². The molecule has 1 amide bonds. The summed E-state index contributed by atoms with van der Waals surface area (Å²) in [6.45, 7) is 5.24. The van der Waals surface area contributed by atoms with Crippen LogP contribution in [0.3, 0.4) is 0 Å². The average molecular weight is 291 g/mol. The lowest BCUT2D eigenvalue weighted by molar-refractivity contribution is -0.131. The van der Waals surface area contributed by atoms with Crippen LogP contribution in [0, 0.1) is 6.92 Å². The van der Waals surface area contributed by atoms with E-state index in [4.69, 9.17) is 5.11 Å². The summed E-state index contributed by atoms with van der Waals surface area (Å²) in [6, 6.07) is 5.08. The first-order valence-corrected chi connectivity index (χ1v) is 6.59. The number of aryl methyl sites for hydroxylation is 1. The number of carbonyl (C=O) groups excluding carboxylic acids is 1. The number of rotatable bonds is 5. The van der Waals surface area contributed by atoms with Crippen LogP contribution in [0.1, 0.15) is 35.3 Å². The normalized spacial score (nSPS) is 11.7. The number of carbonyl (C=O) groups is 2. The molecule has 0 aliphatic rings. The van der Waals surface area contributed by atoms with Crippen LogP contribution < -0.4 is 0 Å². The Hall–Kier alpha value is -2.14. The van der Waals surface area contributed by atoms with Gasteiger partial charge in [0.2, 0.25) is 0 Å². The van der Waals surface area contributed by atoms with Gasteiger partial charge >= 0.3 is 5.97 Å². The first kappa shape index (κ1) is 16.9. The predicted octanol–water partition coefficient (Wildman–Crippen LogP) is 1.94. The number of nitrogens with zero attached hydrogens (tertiary/aromatic N) is 1. The van der Waals surface area contributed by atoms with Crippen LogP contribution in [0.2, 0.25) is 0 Å². The van der Waals surface area contributed by atoms with Gasteiger partial charge in [-0.25, -0.2) is 4.79 Å². The van der Waals surface area contributed by atoms with Gasteiger partial charge < -0.3 is 15.1 Å². The number of carboxylic acid groups (broad SMARTS) is 1. The number of amides is 1. The van der Waals surface area contributed by atoms with Crippen LogP contribution in [-0.2, 0) is 4.79 Å². The zero-order valence-corrected chi connectivity index (χ0v) is 12.8. The van der Waals surface area contributed by atoms with Crippen LogP contribution in [0.25, 0.3) is 6.08 Å². The van der Waals surface area contributed by atoms with Crippen molar-refractivity contribution in [2.24, 2.45) is 0 Å². The van der Waals surface area contributed by atoms with Gasteiger partial charge in [-0.1, -0.05) is 6.07 Å². The fourth-order valence-electron chi connectivity index (χ4n) is 1.73. The molecule has 0 bridgehead atoms. The van der Waals surface area contributed by atoms with Crippen molar-refractivity contribution >= 4 is 18.0 Å². The molecule has 0 fully saturated rings. The highest BCUT2D eigenvalue weighted by atomic mass is 16.4. The van der Waals surface area contributed by atoms with E-state index in [0.29, 0.717) is 5.56 Å². The molecular weight excluding hydrogens is 270 g/mol. The predicted molar refractivity (Wildman–Crippen MR) is 81.1 cm³/mol. The van der Waals surface area contributed by atoms with Gasteiger partial charge in [0.15, 0.2) is 0 Å². The Labute approximate surface area is 124 Å². The monoisotopic (exact) mass is 291 g/mol. The van der Waals surface area contributed by atoms with Crippen LogP contribution in [0.5, 0.6) is 0 Å². The van der Waals surface area contributed by atoms with E-state index < -0.39 is 11.5 Å². The van der Waals surface area contributed by atoms with E-state index in [9.17, 15) is 14.7 Å². The third-order valence-corrected chi connectivity index (χ3v) is 3.52. The number of likely N-dealkylation sites (N-methyl/N-ethyl adjacent to an activating group) is 1. The third kappa shape index (κ3) is 4.16. The molecule has 0 radical (unpaired) electrons. The number of hydrogen-bond donors (Lipinski definition) is 2. The van der Waals surface area contributed by atoms with E-state index in [0.717, 1.165) is 17.2 Å². The molecule has 21 heavy (non-hydrogen) atoms. The number of aliphatic hydroxyl groups excluding tert-OH is 1. The Morgan fingerprint density at radius 2 is 1.95 bits per heavy atom. The molecule has 0 aliphatic carbocycles. The van der Waals surface area contributed by atoms with Gasteiger partial charge in [-0.2, -0.15) is 0 Å². The van der Waals surface area contributed by atoms with E-state index in [1.54, 1.807) is 39.1 Å². The average Bonchev–Trinajstić information content (AvgIpc) is 2.44. The minimum Gasteiger partial charge on any atom is -0.478 e. The molecular formula is C16H21NO4. The molecule has 0 spiro atoms. The Morgan fingerprint density at radius 1 is 1.33 bits per heavy atom. The quantitative estimate of drug-likeness (QED) is 0.813. The fraction of sp³-hybridized carbons (Fsp3) is 0.375. The second kappa shape index (κ2) is 6.54. The van der Waals surface area contributed by atoms with Crippen LogP contribution in [-0.4, -0.2) is 46.2 Å². The van der Waals surface area contributed by atoms with Crippen molar-refractivity contribution in [1.29, 1.82) is 0 Å². The number of aliphatic hydroxyl groups is 1. The molecule has 0 heterocycles. The number of carboxylic acids is 1. The van der Waals surface area contributed by atoms with Crippen molar-refractivity contribution in [3.05, 3.63) is 41.0 Å². The topological polar surface area (TPSA) is 77.8 Å². The van der Waals surface area contributed by atoms with Crippen LogP contribution >= 0.6 is 0 Å². The molecule has 0 saturated heterocycles. The maximum atomic E-state index is 12.4. The van der Waals surface area contributed by atoms with E-state index >= 15 is 0 Å². The van der Waals surface area contributed by atoms with E-state index in [2.05, 4.69) is 0 Å². The molecule has 114 valence electrons. The lowest BCUT2D eigenvalue weighted by Crippen LogP contribution is -2.47. The molecule has 1 aromatic carbocycles. The highest BCUT2D eigenvalue weighted by Gasteiger charge is 2.27. The summed E-state index contributed by atoms with van der Waals surface area (Å²) in [7, 11) is 1.64. The molecule has 5 nitrogen and oxygen atoms in total. The zero-order chi connectivity index (χ0) is 16.2. The van der Waals surface area contributed by atoms with E-state index in [1.165, 1.54) is 11.0 Å². The molecule has 1 rings (SSSR count). The molecule has 2 N–H and O–H groups in total. The summed E-state index contributed by atoms with van der Waals surface area (Å²) in [5.74, 6) is -1.20. The lowest BCUT2D eigenvalue weighted by atomic mass is 10.0. The molecule has 0 aliphatic heterocycles. The summed E-state index contributed by atoms with van der Waals surface area (Å²) in [5.41, 5.74) is 1.42. The van der Waals surface area contributed by atoms with Gasteiger partial charge in [0.25, 0.3) is 5.91 Å².